The zero-order chi connectivity index (χ0) is 14.8. The molecule has 114 valence electrons. The summed E-state index contributed by atoms with van der Waals surface area (Å²) in [6, 6.07) is 10.2. The van der Waals surface area contributed by atoms with Gasteiger partial charge in [0.05, 0.1) is 12.1 Å². The van der Waals surface area contributed by atoms with Gasteiger partial charge < -0.3 is 4.74 Å². The minimum absolute atomic E-state index is 0.820. The smallest absolute Gasteiger partial charge is 0.120 e. The van der Waals surface area contributed by atoms with Crippen LogP contribution in [0, 0.1) is 0 Å². The molecular weight excluding hydrogens is 258 g/mol. The Balaban J connectivity index is 1.59. The van der Waals surface area contributed by atoms with E-state index in [0.29, 0.717) is 0 Å². The number of ether oxygens (including phenoxy) is 1. The van der Waals surface area contributed by atoms with Crippen molar-refractivity contribution in [2.45, 2.75) is 58.3 Å². The summed E-state index contributed by atoms with van der Waals surface area (Å²) in [7, 11) is 0. The highest BCUT2D eigenvalue weighted by molar-refractivity contribution is 5.79. The number of hydrogen-bond donors (Lipinski definition) is 0. The van der Waals surface area contributed by atoms with Gasteiger partial charge in [0.2, 0.25) is 0 Å². The molecule has 1 heterocycles. The van der Waals surface area contributed by atoms with E-state index in [0.717, 1.165) is 29.7 Å². The van der Waals surface area contributed by atoms with Crippen molar-refractivity contribution in [2.24, 2.45) is 0 Å². The van der Waals surface area contributed by atoms with Gasteiger partial charge in [-0.25, -0.2) is 0 Å². The van der Waals surface area contributed by atoms with E-state index >= 15 is 0 Å². The molecule has 0 saturated heterocycles. The number of fused-ring (bicyclic) bond motifs is 1. The zero-order valence-electron chi connectivity index (χ0n) is 13.2. The molecule has 0 atom stereocenters. The summed E-state index contributed by atoms with van der Waals surface area (Å²) in [6.07, 6.45) is 12.5. The molecule has 0 amide bonds. The van der Waals surface area contributed by atoms with E-state index in [4.69, 9.17) is 4.74 Å². The van der Waals surface area contributed by atoms with E-state index in [9.17, 15) is 0 Å². The van der Waals surface area contributed by atoms with Crippen molar-refractivity contribution in [2.75, 3.05) is 6.61 Å². The first kappa shape index (κ1) is 15.8. The summed E-state index contributed by atoms with van der Waals surface area (Å²) < 4.78 is 5.83. The van der Waals surface area contributed by atoms with E-state index < -0.39 is 0 Å². The van der Waals surface area contributed by atoms with Crippen molar-refractivity contribution >= 4 is 10.9 Å². The van der Waals surface area contributed by atoms with Crippen LogP contribution < -0.4 is 4.74 Å². The van der Waals surface area contributed by atoms with Crippen molar-refractivity contribution in [3.8, 4) is 5.75 Å². The topological polar surface area (TPSA) is 22.1 Å². The van der Waals surface area contributed by atoms with Crippen molar-refractivity contribution in [1.82, 2.24) is 4.98 Å². The Kier molecular flexibility index (Phi) is 7.06. The molecule has 2 aromatic rings. The van der Waals surface area contributed by atoms with Crippen LogP contribution in [-0.2, 0) is 0 Å². The summed E-state index contributed by atoms with van der Waals surface area (Å²) in [5, 5.41) is 1.14. The van der Waals surface area contributed by atoms with Gasteiger partial charge in [-0.3, -0.25) is 4.98 Å². The lowest BCUT2D eigenvalue weighted by Crippen LogP contribution is -1.97. The maximum Gasteiger partial charge on any atom is 0.120 e. The van der Waals surface area contributed by atoms with Gasteiger partial charge in [0.25, 0.3) is 0 Å². The van der Waals surface area contributed by atoms with Crippen LogP contribution in [-0.4, -0.2) is 11.6 Å². The van der Waals surface area contributed by atoms with Gasteiger partial charge >= 0.3 is 0 Å². The van der Waals surface area contributed by atoms with Gasteiger partial charge in [-0.15, -0.1) is 0 Å². The first-order valence-electron chi connectivity index (χ1n) is 8.38. The molecule has 0 saturated carbocycles. The fourth-order valence-electron chi connectivity index (χ4n) is 2.57. The quantitative estimate of drug-likeness (QED) is 0.518. The second kappa shape index (κ2) is 9.38. The average Bonchev–Trinajstić information content (AvgIpc) is 2.53. The highest BCUT2D eigenvalue weighted by Gasteiger charge is 1.98. The van der Waals surface area contributed by atoms with Crippen LogP contribution in [0.5, 0.6) is 5.75 Å². The molecule has 2 rings (SSSR count). The molecule has 0 spiro atoms. The zero-order valence-corrected chi connectivity index (χ0v) is 13.2. The number of hydrogen-bond acceptors (Lipinski definition) is 2. The molecule has 0 fully saturated rings. The number of benzene rings is 1. The summed E-state index contributed by atoms with van der Waals surface area (Å²) in [4.78, 5) is 4.32. The van der Waals surface area contributed by atoms with E-state index in [-0.39, 0.29) is 0 Å². The molecule has 0 aliphatic carbocycles. The van der Waals surface area contributed by atoms with Gasteiger partial charge in [-0.2, -0.15) is 0 Å². The summed E-state index contributed by atoms with van der Waals surface area (Å²) in [6.45, 7) is 3.08. The minimum atomic E-state index is 0.820. The molecule has 0 aliphatic heterocycles. The average molecular weight is 285 g/mol. The molecule has 0 N–H and O–H groups in total. The molecule has 0 radical (unpaired) electrons. The Morgan fingerprint density at radius 2 is 1.67 bits per heavy atom. The highest BCUT2D eigenvalue weighted by atomic mass is 16.5. The molecule has 0 bridgehead atoms. The Morgan fingerprint density at radius 3 is 2.48 bits per heavy atom. The van der Waals surface area contributed by atoms with Crippen molar-refractivity contribution < 1.29 is 4.74 Å². The van der Waals surface area contributed by atoms with E-state index in [2.05, 4.69) is 24.0 Å². The molecule has 2 heteroatoms. The summed E-state index contributed by atoms with van der Waals surface area (Å²) >= 11 is 0. The second-order valence-corrected chi connectivity index (χ2v) is 5.68. The van der Waals surface area contributed by atoms with Crippen LogP contribution in [0.15, 0.2) is 36.5 Å². The first-order valence-corrected chi connectivity index (χ1v) is 8.38. The number of nitrogens with zero attached hydrogens (tertiary/aromatic N) is 1. The Bertz CT molecular complexity index is 524. The summed E-state index contributed by atoms with van der Waals surface area (Å²) in [5.74, 6) is 0.957. The minimum Gasteiger partial charge on any atom is -0.494 e. The van der Waals surface area contributed by atoms with Crippen molar-refractivity contribution in [3.63, 3.8) is 0 Å². The second-order valence-electron chi connectivity index (χ2n) is 5.68. The maximum absolute atomic E-state index is 5.83. The first-order chi connectivity index (χ1) is 10.4. The molecule has 21 heavy (non-hydrogen) atoms. The third-order valence-corrected chi connectivity index (χ3v) is 3.84. The molecule has 0 aliphatic rings. The van der Waals surface area contributed by atoms with Gasteiger partial charge in [0.1, 0.15) is 5.75 Å². The fraction of sp³-hybridized carbons (Fsp3) is 0.526. The fourth-order valence-corrected chi connectivity index (χ4v) is 2.57. The number of unbranched alkanes of at least 4 members (excludes halogenated alkanes) is 7. The van der Waals surface area contributed by atoms with Gasteiger partial charge in [-0.1, -0.05) is 57.9 Å². The van der Waals surface area contributed by atoms with Crippen LogP contribution in [0.1, 0.15) is 58.3 Å². The van der Waals surface area contributed by atoms with E-state index in [1.807, 2.05) is 24.4 Å². The van der Waals surface area contributed by atoms with Gasteiger partial charge in [0.15, 0.2) is 0 Å². The summed E-state index contributed by atoms with van der Waals surface area (Å²) in [5.41, 5.74) is 1.02. The standard InChI is InChI=1S/C19H27NO/c1-2-3-4-5-6-7-8-9-15-21-18-12-13-19-17(16-18)11-10-14-20-19/h10-14,16H,2-9,15H2,1H3. The molecule has 0 unspecified atom stereocenters. The molecular formula is C19H27NO. The molecule has 2 nitrogen and oxygen atoms in total. The third-order valence-electron chi connectivity index (χ3n) is 3.84. The van der Waals surface area contributed by atoms with Crippen LogP contribution >= 0.6 is 0 Å². The predicted molar refractivity (Wildman–Crippen MR) is 89.8 cm³/mol. The van der Waals surface area contributed by atoms with Crippen LogP contribution in [0.25, 0.3) is 10.9 Å². The lowest BCUT2D eigenvalue weighted by Gasteiger charge is -2.07. The Labute approximate surface area is 128 Å². The number of rotatable bonds is 10. The predicted octanol–water partition coefficient (Wildman–Crippen LogP) is 5.75. The monoisotopic (exact) mass is 285 g/mol. The van der Waals surface area contributed by atoms with Gasteiger partial charge in [0, 0.05) is 11.6 Å². The number of aromatic nitrogens is 1. The lowest BCUT2D eigenvalue weighted by molar-refractivity contribution is 0.304. The SMILES string of the molecule is CCCCCCCCCCOc1ccc2ncccc2c1. The van der Waals surface area contributed by atoms with Crippen LogP contribution in [0.3, 0.4) is 0 Å². The third kappa shape index (κ3) is 5.74. The van der Waals surface area contributed by atoms with Crippen molar-refractivity contribution in [3.05, 3.63) is 36.5 Å². The van der Waals surface area contributed by atoms with Gasteiger partial charge in [-0.05, 0) is 30.7 Å². The van der Waals surface area contributed by atoms with Crippen LogP contribution in [0.4, 0.5) is 0 Å². The van der Waals surface area contributed by atoms with E-state index in [1.165, 1.54) is 44.9 Å². The maximum atomic E-state index is 5.83. The normalized spacial score (nSPS) is 10.9. The molecule has 1 aromatic heterocycles. The van der Waals surface area contributed by atoms with Crippen molar-refractivity contribution in [1.29, 1.82) is 0 Å². The lowest BCUT2D eigenvalue weighted by atomic mass is 10.1. The van der Waals surface area contributed by atoms with E-state index in [1.54, 1.807) is 0 Å². The van der Waals surface area contributed by atoms with Crippen LogP contribution in [0.2, 0.25) is 0 Å². The number of pyridine rings is 1. The Hall–Kier alpha value is -1.57. The molecule has 1 aromatic carbocycles. The highest BCUT2D eigenvalue weighted by Crippen LogP contribution is 2.19. The Morgan fingerprint density at radius 1 is 0.905 bits per heavy atom. The largest absolute Gasteiger partial charge is 0.494 e.